The van der Waals surface area contributed by atoms with E-state index in [9.17, 15) is 9.18 Å². The Kier molecular flexibility index (Phi) is 9.77. The summed E-state index contributed by atoms with van der Waals surface area (Å²) in [5.74, 6) is 0.382. The first kappa shape index (κ1) is 24.6. The van der Waals surface area contributed by atoms with Crippen LogP contribution < -0.4 is 16.0 Å². The first-order valence-electron chi connectivity index (χ1n) is 10.2. The molecule has 31 heavy (non-hydrogen) atoms. The summed E-state index contributed by atoms with van der Waals surface area (Å²) in [7, 11) is 1.72. The van der Waals surface area contributed by atoms with Crippen LogP contribution in [0.15, 0.2) is 53.7 Å². The molecule has 0 unspecified atom stereocenters. The average Bonchev–Trinajstić information content (AvgIpc) is 3.16. The van der Waals surface area contributed by atoms with Gasteiger partial charge in [-0.3, -0.25) is 9.79 Å². The number of aliphatic imine (C=N–C) groups is 1. The molecule has 1 heterocycles. The summed E-state index contributed by atoms with van der Waals surface area (Å²) in [6.07, 6.45) is 3.60. The third-order valence-corrected chi connectivity index (χ3v) is 4.82. The highest BCUT2D eigenvalue weighted by molar-refractivity contribution is 14.0. The fourth-order valence-corrected chi connectivity index (χ4v) is 3.25. The second-order valence-electron chi connectivity index (χ2n) is 7.06. The molecule has 0 aliphatic rings. The van der Waals surface area contributed by atoms with Gasteiger partial charge in [0, 0.05) is 49.3 Å². The number of hydrogen-bond donors (Lipinski definition) is 4. The first-order chi connectivity index (χ1) is 14.6. The number of H-pyrrole nitrogens is 1. The van der Waals surface area contributed by atoms with Gasteiger partial charge in [0.1, 0.15) is 5.82 Å². The second-order valence-corrected chi connectivity index (χ2v) is 7.06. The minimum absolute atomic E-state index is 0. The molecule has 0 saturated heterocycles. The van der Waals surface area contributed by atoms with Gasteiger partial charge in [-0.15, -0.1) is 24.0 Å². The van der Waals surface area contributed by atoms with Crippen molar-refractivity contribution >= 4 is 46.7 Å². The third-order valence-electron chi connectivity index (χ3n) is 4.82. The van der Waals surface area contributed by atoms with E-state index in [1.807, 2.05) is 37.4 Å². The Morgan fingerprint density at radius 3 is 2.71 bits per heavy atom. The minimum Gasteiger partial charge on any atom is -0.361 e. The number of amides is 1. The Bertz CT molecular complexity index is 1030. The lowest BCUT2D eigenvalue weighted by Crippen LogP contribution is -2.37. The van der Waals surface area contributed by atoms with Gasteiger partial charge in [0.2, 0.25) is 0 Å². The molecule has 0 saturated carbocycles. The molecule has 1 aromatic heterocycles. The Morgan fingerprint density at radius 1 is 1.10 bits per heavy atom. The summed E-state index contributed by atoms with van der Waals surface area (Å²) in [6.45, 7) is 3.94. The van der Waals surface area contributed by atoms with Crippen LogP contribution in [0.2, 0.25) is 0 Å². The Balaban J connectivity index is 0.00000341. The number of fused-ring (bicyclic) bond motifs is 1. The molecule has 0 aliphatic carbocycles. The highest BCUT2D eigenvalue weighted by atomic mass is 127. The predicted octanol–water partition coefficient (Wildman–Crippen LogP) is 3.97. The molecule has 0 bridgehead atoms. The van der Waals surface area contributed by atoms with Gasteiger partial charge in [-0.05, 0) is 54.3 Å². The lowest BCUT2D eigenvalue weighted by molar-refractivity contribution is 0.0953. The molecule has 3 rings (SSSR count). The van der Waals surface area contributed by atoms with Crippen LogP contribution in [-0.4, -0.2) is 37.0 Å². The maximum Gasteiger partial charge on any atom is 0.251 e. The van der Waals surface area contributed by atoms with Crippen molar-refractivity contribution < 1.29 is 9.18 Å². The average molecular weight is 537 g/mol. The van der Waals surface area contributed by atoms with Crippen LogP contribution in [0.3, 0.4) is 0 Å². The molecular weight excluding hydrogens is 508 g/mol. The largest absolute Gasteiger partial charge is 0.361 e. The summed E-state index contributed by atoms with van der Waals surface area (Å²) < 4.78 is 13.3. The highest BCUT2D eigenvalue weighted by Gasteiger charge is 2.07. The van der Waals surface area contributed by atoms with Crippen molar-refractivity contribution in [1.82, 2.24) is 20.9 Å². The van der Waals surface area contributed by atoms with E-state index < -0.39 is 0 Å². The van der Waals surface area contributed by atoms with Gasteiger partial charge in [0.25, 0.3) is 5.91 Å². The molecule has 0 atom stereocenters. The van der Waals surface area contributed by atoms with Crippen molar-refractivity contribution in [2.45, 2.75) is 26.3 Å². The summed E-state index contributed by atoms with van der Waals surface area (Å²) >= 11 is 0. The molecule has 8 heteroatoms. The van der Waals surface area contributed by atoms with Crippen LogP contribution in [0.1, 0.15) is 34.8 Å². The van der Waals surface area contributed by atoms with Crippen LogP contribution in [0, 0.1) is 5.82 Å². The number of hydrogen-bond acceptors (Lipinski definition) is 2. The molecule has 4 N–H and O–H groups in total. The number of benzene rings is 2. The molecule has 6 nitrogen and oxygen atoms in total. The van der Waals surface area contributed by atoms with Gasteiger partial charge in [0.15, 0.2) is 5.96 Å². The van der Waals surface area contributed by atoms with Gasteiger partial charge < -0.3 is 20.9 Å². The molecule has 2 aromatic carbocycles. The van der Waals surface area contributed by atoms with Crippen LogP contribution in [-0.2, 0) is 13.0 Å². The molecule has 166 valence electrons. The number of rotatable bonds is 8. The summed E-state index contributed by atoms with van der Waals surface area (Å²) in [5, 5.41) is 10.5. The van der Waals surface area contributed by atoms with Gasteiger partial charge in [-0.2, -0.15) is 0 Å². The first-order valence-corrected chi connectivity index (χ1v) is 10.2. The van der Waals surface area contributed by atoms with Crippen molar-refractivity contribution in [2.24, 2.45) is 4.99 Å². The molecular formula is C23H29FIN5O. The van der Waals surface area contributed by atoms with Crippen molar-refractivity contribution in [3.8, 4) is 0 Å². The second kappa shape index (κ2) is 12.3. The molecule has 0 fully saturated rings. The maximum absolute atomic E-state index is 13.3. The number of aromatic amines is 1. The smallest absolute Gasteiger partial charge is 0.251 e. The zero-order valence-electron chi connectivity index (χ0n) is 17.8. The van der Waals surface area contributed by atoms with Crippen molar-refractivity contribution in [1.29, 1.82) is 0 Å². The van der Waals surface area contributed by atoms with Gasteiger partial charge in [-0.1, -0.05) is 19.1 Å². The standard InChI is InChI=1S/C23H28FN5O.HI/c1-3-10-26-22(30)17-6-4-5-16(12-17)14-29-23(25-2)27-11-9-18-15-28-21-13-19(24)7-8-20(18)21;/h4-8,12-13,15,28H,3,9-11,14H2,1-2H3,(H,26,30)(H2,25,27,29);1H. The normalized spacial score (nSPS) is 11.1. The number of nitrogens with zero attached hydrogens (tertiary/aromatic N) is 1. The Hall–Kier alpha value is -2.62. The van der Waals surface area contributed by atoms with E-state index >= 15 is 0 Å². The third kappa shape index (κ3) is 6.95. The fraction of sp³-hybridized carbons (Fsp3) is 0.304. The topological polar surface area (TPSA) is 81.3 Å². The van der Waals surface area contributed by atoms with E-state index in [4.69, 9.17) is 0 Å². The van der Waals surface area contributed by atoms with Crippen molar-refractivity contribution in [3.05, 3.63) is 71.2 Å². The van der Waals surface area contributed by atoms with Crippen LogP contribution in [0.25, 0.3) is 10.9 Å². The molecule has 0 radical (unpaired) electrons. The number of guanidine groups is 1. The van der Waals surface area contributed by atoms with Gasteiger partial charge >= 0.3 is 0 Å². The molecule has 3 aromatic rings. The maximum atomic E-state index is 13.3. The van der Waals surface area contributed by atoms with Crippen molar-refractivity contribution in [3.63, 3.8) is 0 Å². The number of halogens is 2. The van der Waals surface area contributed by atoms with E-state index in [1.165, 1.54) is 12.1 Å². The number of aromatic nitrogens is 1. The SMILES string of the molecule is CCCNC(=O)c1cccc(CNC(=NC)NCCc2c[nH]c3cc(F)ccc23)c1.I. The predicted molar refractivity (Wildman–Crippen MR) is 135 cm³/mol. The van der Waals surface area contributed by atoms with Crippen LogP contribution in [0.5, 0.6) is 0 Å². The minimum atomic E-state index is -0.245. The Morgan fingerprint density at radius 2 is 1.94 bits per heavy atom. The summed E-state index contributed by atoms with van der Waals surface area (Å²) in [4.78, 5) is 19.5. The monoisotopic (exact) mass is 537 g/mol. The lowest BCUT2D eigenvalue weighted by atomic mass is 10.1. The zero-order valence-corrected chi connectivity index (χ0v) is 20.1. The van der Waals surface area contributed by atoms with Crippen molar-refractivity contribution in [2.75, 3.05) is 20.1 Å². The number of carbonyl (C=O) groups excluding carboxylic acids is 1. The highest BCUT2D eigenvalue weighted by Crippen LogP contribution is 2.19. The van der Waals surface area contributed by atoms with Crippen LogP contribution in [0.4, 0.5) is 4.39 Å². The molecule has 0 aliphatic heterocycles. The van der Waals surface area contributed by atoms with Crippen LogP contribution >= 0.6 is 24.0 Å². The number of nitrogens with one attached hydrogen (secondary N) is 4. The van der Waals surface area contributed by atoms with Gasteiger partial charge in [0.05, 0.1) is 0 Å². The Labute approximate surface area is 199 Å². The van der Waals surface area contributed by atoms with E-state index in [1.54, 1.807) is 13.1 Å². The zero-order chi connectivity index (χ0) is 21.3. The van der Waals surface area contributed by atoms with E-state index in [-0.39, 0.29) is 35.7 Å². The molecule has 0 spiro atoms. The number of carbonyl (C=O) groups is 1. The van der Waals surface area contributed by atoms with E-state index in [0.29, 0.717) is 31.2 Å². The van der Waals surface area contributed by atoms with E-state index in [0.717, 1.165) is 34.9 Å². The molecule has 1 amide bonds. The van der Waals surface area contributed by atoms with E-state index in [2.05, 4.69) is 25.9 Å². The summed E-state index contributed by atoms with van der Waals surface area (Å²) in [6, 6.07) is 12.3. The lowest BCUT2D eigenvalue weighted by Gasteiger charge is -2.12. The summed E-state index contributed by atoms with van der Waals surface area (Å²) in [5.41, 5.74) is 3.58. The fourth-order valence-electron chi connectivity index (χ4n) is 3.25. The van der Waals surface area contributed by atoms with Gasteiger partial charge in [-0.25, -0.2) is 4.39 Å². The quantitative estimate of drug-likeness (QED) is 0.200.